The summed E-state index contributed by atoms with van der Waals surface area (Å²) in [7, 11) is 0. The van der Waals surface area contributed by atoms with E-state index in [1.54, 1.807) is 11.3 Å². The molecule has 1 aliphatic carbocycles. The molecule has 8 heteroatoms. The summed E-state index contributed by atoms with van der Waals surface area (Å²) in [4.78, 5) is 18.6. The van der Waals surface area contributed by atoms with E-state index in [0.29, 0.717) is 5.92 Å². The fourth-order valence-electron chi connectivity index (χ4n) is 5.44. The van der Waals surface area contributed by atoms with Gasteiger partial charge in [-0.05, 0) is 54.5 Å². The number of H-pyrrole nitrogens is 2. The number of allylic oxidation sites excluding steroid dienone is 1. The SMILES string of the molecule is C=C(Nc1cncc(-c2ccc3[nH]nc(-c4cc5c(-c6cccs6)cncc5[nH]4)c3n2)c1)C1CCCCC1. The summed E-state index contributed by atoms with van der Waals surface area (Å²) >= 11 is 1.71. The third kappa shape index (κ3) is 4.16. The molecule has 0 aliphatic heterocycles. The highest BCUT2D eigenvalue weighted by molar-refractivity contribution is 7.13. The molecule has 6 aromatic heterocycles. The molecule has 1 saturated carbocycles. The molecular weight excluding hydrogens is 490 g/mol. The van der Waals surface area contributed by atoms with Crippen molar-refractivity contribution in [2.75, 3.05) is 5.32 Å². The Balaban J connectivity index is 1.23. The van der Waals surface area contributed by atoms with Crippen LogP contribution in [0.25, 0.3) is 55.0 Å². The molecule has 0 aromatic carbocycles. The van der Waals surface area contributed by atoms with Crippen LogP contribution in [-0.4, -0.2) is 30.1 Å². The Labute approximate surface area is 224 Å². The maximum absolute atomic E-state index is 5.02. The molecule has 0 atom stereocenters. The molecule has 3 N–H and O–H groups in total. The topological polar surface area (TPSA) is 95.2 Å². The fraction of sp³-hybridized carbons (Fsp3) is 0.200. The van der Waals surface area contributed by atoms with E-state index in [2.05, 4.69) is 66.7 Å². The minimum atomic E-state index is 0.530. The van der Waals surface area contributed by atoms with E-state index in [4.69, 9.17) is 4.98 Å². The molecule has 0 bridgehead atoms. The molecule has 0 saturated heterocycles. The number of pyridine rings is 3. The van der Waals surface area contributed by atoms with Gasteiger partial charge in [0.05, 0.1) is 40.5 Å². The van der Waals surface area contributed by atoms with Gasteiger partial charge in [-0.15, -0.1) is 11.3 Å². The van der Waals surface area contributed by atoms with Gasteiger partial charge in [-0.1, -0.05) is 31.9 Å². The standard InChI is InChI=1S/C30H27N7S/c1-18(19-6-3-2-4-7-19)33-21-12-20(14-31-15-21)24-9-10-25-29(35-24)30(37-36-25)26-13-22-23(28-8-5-11-38-28)16-32-17-27(22)34-26/h5,8-17,19,33-34H,1-4,6-7H2,(H,36,37). The third-order valence-electron chi connectivity index (χ3n) is 7.43. The first-order valence-corrected chi connectivity index (χ1v) is 13.9. The van der Waals surface area contributed by atoms with Gasteiger partial charge in [-0.3, -0.25) is 15.1 Å². The Bertz CT molecular complexity index is 1760. The number of fused-ring (bicyclic) bond motifs is 2. The number of nitrogens with one attached hydrogen (secondary N) is 3. The lowest BCUT2D eigenvalue weighted by atomic mass is 9.87. The van der Waals surface area contributed by atoms with E-state index in [1.807, 2.05) is 36.9 Å². The second kappa shape index (κ2) is 9.54. The van der Waals surface area contributed by atoms with E-state index in [9.17, 15) is 0 Å². The fourth-order valence-corrected chi connectivity index (χ4v) is 6.19. The van der Waals surface area contributed by atoms with E-state index in [0.717, 1.165) is 61.5 Å². The molecule has 0 radical (unpaired) electrons. The number of thiophene rings is 1. The van der Waals surface area contributed by atoms with Gasteiger partial charge in [0.2, 0.25) is 0 Å². The number of aromatic amines is 2. The second-order valence-electron chi connectivity index (χ2n) is 9.92. The molecule has 7 nitrogen and oxygen atoms in total. The van der Waals surface area contributed by atoms with Crippen molar-refractivity contribution in [3.05, 3.63) is 78.8 Å². The van der Waals surface area contributed by atoms with Crippen LogP contribution in [0.4, 0.5) is 5.69 Å². The van der Waals surface area contributed by atoms with Crippen molar-refractivity contribution < 1.29 is 0 Å². The van der Waals surface area contributed by atoms with Crippen LogP contribution in [0.15, 0.2) is 78.8 Å². The van der Waals surface area contributed by atoms with Crippen LogP contribution in [0.1, 0.15) is 32.1 Å². The Morgan fingerprint density at radius 2 is 1.87 bits per heavy atom. The summed E-state index contributed by atoms with van der Waals surface area (Å²) in [5.41, 5.74) is 9.27. The van der Waals surface area contributed by atoms with Crippen LogP contribution >= 0.6 is 11.3 Å². The second-order valence-corrected chi connectivity index (χ2v) is 10.9. The monoisotopic (exact) mass is 517 g/mol. The third-order valence-corrected chi connectivity index (χ3v) is 8.34. The summed E-state index contributed by atoms with van der Waals surface area (Å²) < 4.78 is 0. The van der Waals surface area contributed by atoms with Gasteiger partial charge < -0.3 is 10.3 Å². The van der Waals surface area contributed by atoms with E-state index in [-0.39, 0.29) is 0 Å². The molecule has 1 aliphatic rings. The minimum Gasteiger partial charge on any atom is -0.358 e. The number of anilines is 1. The van der Waals surface area contributed by atoms with Gasteiger partial charge in [0, 0.05) is 39.5 Å². The first kappa shape index (κ1) is 22.9. The number of aromatic nitrogens is 6. The van der Waals surface area contributed by atoms with Gasteiger partial charge in [0.1, 0.15) is 11.2 Å². The molecule has 7 rings (SSSR count). The smallest absolute Gasteiger partial charge is 0.135 e. The number of hydrogen-bond donors (Lipinski definition) is 3. The zero-order valence-corrected chi connectivity index (χ0v) is 21.7. The van der Waals surface area contributed by atoms with E-state index in [1.165, 1.54) is 37.0 Å². The van der Waals surface area contributed by atoms with Crippen molar-refractivity contribution in [2.45, 2.75) is 32.1 Å². The zero-order valence-electron chi connectivity index (χ0n) is 20.9. The molecule has 6 heterocycles. The van der Waals surface area contributed by atoms with Crippen LogP contribution in [0.5, 0.6) is 0 Å². The van der Waals surface area contributed by atoms with Crippen molar-refractivity contribution >= 4 is 39.0 Å². The average Bonchev–Trinajstić information content (AvgIpc) is 3.73. The number of rotatable bonds is 6. The zero-order chi connectivity index (χ0) is 25.5. The summed E-state index contributed by atoms with van der Waals surface area (Å²) in [6.07, 6.45) is 13.8. The van der Waals surface area contributed by atoms with Crippen molar-refractivity contribution in [3.63, 3.8) is 0 Å². The lowest BCUT2D eigenvalue weighted by Gasteiger charge is -2.24. The van der Waals surface area contributed by atoms with Crippen LogP contribution in [-0.2, 0) is 0 Å². The van der Waals surface area contributed by atoms with Crippen LogP contribution in [0.2, 0.25) is 0 Å². The molecule has 1 fully saturated rings. The van der Waals surface area contributed by atoms with Crippen molar-refractivity contribution in [3.8, 4) is 33.1 Å². The highest BCUT2D eigenvalue weighted by Gasteiger charge is 2.18. The Morgan fingerprint density at radius 3 is 2.74 bits per heavy atom. The maximum Gasteiger partial charge on any atom is 0.135 e. The van der Waals surface area contributed by atoms with Crippen molar-refractivity contribution in [1.82, 2.24) is 30.1 Å². The van der Waals surface area contributed by atoms with Crippen molar-refractivity contribution in [1.29, 1.82) is 0 Å². The molecule has 0 spiro atoms. The lowest BCUT2D eigenvalue weighted by molar-refractivity contribution is 0.405. The van der Waals surface area contributed by atoms with Crippen molar-refractivity contribution in [2.24, 2.45) is 5.92 Å². The summed E-state index contributed by atoms with van der Waals surface area (Å²) in [5.74, 6) is 0.530. The maximum atomic E-state index is 5.02. The molecule has 0 amide bonds. The van der Waals surface area contributed by atoms with Gasteiger partial charge in [0.25, 0.3) is 0 Å². The number of nitrogens with zero attached hydrogens (tertiary/aromatic N) is 4. The summed E-state index contributed by atoms with van der Waals surface area (Å²) in [5, 5.41) is 14.5. The molecule has 6 aromatic rings. The molecule has 0 unspecified atom stereocenters. The van der Waals surface area contributed by atoms with Crippen LogP contribution in [0.3, 0.4) is 0 Å². The largest absolute Gasteiger partial charge is 0.358 e. The van der Waals surface area contributed by atoms with E-state index < -0.39 is 0 Å². The molecular formula is C30H27N7S. The highest BCUT2D eigenvalue weighted by Crippen LogP contribution is 2.35. The molecule has 38 heavy (non-hydrogen) atoms. The first-order chi connectivity index (χ1) is 18.7. The first-order valence-electron chi connectivity index (χ1n) is 13.0. The summed E-state index contributed by atoms with van der Waals surface area (Å²) in [6.45, 7) is 4.32. The quantitative estimate of drug-likeness (QED) is 0.209. The van der Waals surface area contributed by atoms with Gasteiger partial charge in [-0.2, -0.15) is 5.10 Å². The van der Waals surface area contributed by atoms with Crippen LogP contribution < -0.4 is 5.32 Å². The van der Waals surface area contributed by atoms with E-state index >= 15 is 0 Å². The molecule has 188 valence electrons. The Kier molecular flexibility index (Phi) is 5.74. The Morgan fingerprint density at radius 1 is 0.974 bits per heavy atom. The minimum absolute atomic E-state index is 0.530. The predicted molar refractivity (Wildman–Crippen MR) is 155 cm³/mol. The average molecular weight is 518 g/mol. The lowest BCUT2D eigenvalue weighted by Crippen LogP contribution is -2.14. The normalized spacial score (nSPS) is 14.3. The highest BCUT2D eigenvalue weighted by atomic mass is 32.1. The van der Waals surface area contributed by atoms with Gasteiger partial charge in [0.15, 0.2) is 0 Å². The van der Waals surface area contributed by atoms with Gasteiger partial charge in [-0.25, -0.2) is 4.98 Å². The number of hydrogen-bond acceptors (Lipinski definition) is 6. The Hall–Kier alpha value is -4.30. The van der Waals surface area contributed by atoms with Crippen LogP contribution in [0, 0.1) is 5.92 Å². The summed E-state index contributed by atoms with van der Waals surface area (Å²) in [6, 6.07) is 12.4. The predicted octanol–water partition coefficient (Wildman–Crippen LogP) is 7.80. The van der Waals surface area contributed by atoms with Gasteiger partial charge >= 0.3 is 0 Å².